The zero-order valence-corrected chi connectivity index (χ0v) is 16.3. The van der Waals surface area contributed by atoms with Gasteiger partial charge in [0.1, 0.15) is 11.6 Å². The molecule has 0 atom stereocenters. The number of hydrogen-bond donors (Lipinski definition) is 0. The summed E-state index contributed by atoms with van der Waals surface area (Å²) in [5, 5.41) is 0. The Labute approximate surface area is 162 Å². The van der Waals surface area contributed by atoms with E-state index < -0.39 is 11.6 Å². The van der Waals surface area contributed by atoms with Crippen molar-refractivity contribution in [2.24, 2.45) is 11.8 Å². The SMILES string of the molecule is CCCc1ccc(-c2cc(F)c(C#CC3CCC(CC)CC3)c(F)c2)cc1. The highest BCUT2D eigenvalue weighted by Gasteiger charge is 2.18. The molecule has 1 aliphatic carbocycles. The van der Waals surface area contributed by atoms with Gasteiger partial charge in [0.15, 0.2) is 0 Å². The number of rotatable bonds is 4. The Balaban J connectivity index is 1.76. The summed E-state index contributed by atoms with van der Waals surface area (Å²) in [4.78, 5) is 0. The van der Waals surface area contributed by atoms with Crippen LogP contribution in [0.1, 0.15) is 63.5 Å². The van der Waals surface area contributed by atoms with E-state index in [9.17, 15) is 8.78 Å². The molecule has 1 fully saturated rings. The Kier molecular flexibility index (Phi) is 6.67. The molecule has 0 unspecified atom stereocenters. The van der Waals surface area contributed by atoms with Gasteiger partial charge in [0.2, 0.25) is 0 Å². The molecule has 0 aromatic heterocycles. The molecule has 0 radical (unpaired) electrons. The molecule has 0 spiro atoms. The average Bonchev–Trinajstić information content (AvgIpc) is 2.68. The lowest BCUT2D eigenvalue weighted by atomic mass is 9.81. The minimum absolute atomic E-state index is 0.0982. The van der Waals surface area contributed by atoms with Gasteiger partial charge in [-0.25, -0.2) is 8.78 Å². The molecule has 1 aliphatic rings. The smallest absolute Gasteiger partial charge is 0.142 e. The lowest BCUT2D eigenvalue weighted by Crippen LogP contribution is -2.12. The van der Waals surface area contributed by atoms with Crippen molar-refractivity contribution >= 4 is 0 Å². The molecule has 2 heteroatoms. The van der Waals surface area contributed by atoms with Gasteiger partial charge in [0.25, 0.3) is 0 Å². The van der Waals surface area contributed by atoms with E-state index in [1.54, 1.807) is 0 Å². The quantitative estimate of drug-likeness (QED) is 0.504. The molecule has 0 nitrogen and oxygen atoms in total. The first kappa shape index (κ1) is 19.6. The van der Waals surface area contributed by atoms with Crippen LogP contribution in [0.2, 0.25) is 0 Å². The van der Waals surface area contributed by atoms with Crippen molar-refractivity contribution in [2.45, 2.75) is 58.8 Å². The van der Waals surface area contributed by atoms with E-state index in [1.165, 1.54) is 37.0 Å². The third kappa shape index (κ3) is 4.98. The molecular formula is C25H28F2. The predicted octanol–water partition coefficient (Wildman–Crippen LogP) is 7.15. The number of halogens is 2. The van der Waals surface area contributed by atoms with E-state index in [0.29, 0.717) is 5.56 Å². The molecular weight excluding hydrogens is 338 g/mol. The van der Waals surface area contributed by atoms with Crippen LogP contribution in [0.3, 0.4) is 0 Å². The summed E-state index contributed by atoms with van der Waals surface area (Å²) < 4.78 is 29.0. The minimum atomic E-state index is -0.572. The van der Waals surface area contributed by atoms with Crippen molar-refractivity contribution in [3.8, 4) is 23.0 Å². The Morgan fingerprint density at radius 2 is 1.52 bits per heavy atom. The maximum Gasteiger partial charge on any atom is 0.142 e. The van der Waals surface area contributed by atoms with Crippen LogP contribution in [-0.2, 0) is 6.42 Å². The number of hydrogen-bond acceptors (Lipinski definition) is 0. The van der Waals surface area contributed by atoms with Gasteiger partial charge in [0.05, 0.1) is 5.56 Å². The highest BCUT2D eigenvalue weighted by Crippen LogP contribution is 2.30. The van der Waals surface area contributed by atoms with Gasteiger partial charge in [-0.15, -0.1) is 0 Å². The molecule has 0 bridgehead atoms. The van der Waals surface area contributed by atoms with Gasteiger partial charge in [-0.3, -0.25) is 0 Å². The van der Waals surface area contributed by atoms with E-state index in [1.807, 2.05) is 24.3 Å². The fourth-order valence-electron chi connectivity index (χ4n) is 3.90. The van der Waals surface area contributed by atoms with Crippen LogP contribution in [0, 0.1) is 35.3 Å². The molecule has 2 aromatic carbocycles. The maximum atomic E-state index is 14.5. The van der Waals surface area contributed by atoms with Crippen molar-refractivity contribution in [1.82, 2.24) is 0 Å². The molecule has 142 valence electrons. The van der Waals surface area contributed by atoms with Crippen LogP contribution in [0.5, 0.6) is 0 Å². The molecule has 0 heterocycles. The second kappa shape index (κ2) is 9.18. The van der Waals surface area contributed by atoms with E-state index in [-0.39, 0.29) is 11.5 Å². The summed E-state index contributed by atoms with van der Waals surface area (Å²) in [5.41, 5.74) is 2.52. The molecule has 0 amide bonds. The highest BCUT2D eigenvalue weighted by molar-refractivity contribution is 5.65. The van der Waals surface area contributed by atoms with Gasteiger partial charge < -0.3 is 0 Å². The highest BCUT2D eigenvalue weighted by atomic mass is 19.1. The number of aryl methyl sites for hydroxylation is 1. The molecule has 2 aromatic rings. The van der Waals surface area contributed by atoms with Crippen LogP contribution in [-0.4, -0.2) is 0 Å². The molecule has 0 aliphatic heterocycles. The van der Waals surface area contributed by atoms with Crippen molar-refractivity contribution in [3.05, 3.63) is 59.2 Å². The van der Waals surface area contributed by atoms with Crippen LogP contribution in [0.25, 0.3) is 11.1 Å². The van der Waals surface area contributed by atoms with E-state index in [0.717, 1.165) is 37.2 Å². The first-order valence-electron chi connectivity index (χ1n) is 10.2. The standard InChI is InChI=1S/C25H28F2/c1-3-5-19-10-13-21(14-11-19)22-16-24(26)23(25(27)17-22)15-12-20-8-6-18(4-2)7-9-20/h10-11,13-14,16-18,20H,3-9H2,1-2H3. The third-order valence-corrected chi connectivity index (χ3v) is 5.69. The Morgan fingerprint density at radius 1 is 0.889 bits per heavy atom. The predicted molar refractivity (Wildman–Crippen MR) is 108 cm³/mol. The molecule has 27 heavy (non-hydrogen) atoms. The molecule has 1 saturated carbocycles. The summed E-state index contributed by atoms with van der Waals surface area (Å²) >= 11 is 0. The topological polar surface area (TPSA) is 0 Å². The first-order chi connectivity index (χ1) is 13.1. The van der Waals surface area contributed by atoms with E-state index >= 15 is 0 Å². The fourth-order valence-corrected chi connectivity index (χ4v) is 3.90. The number of benzene rings is 2. The lowest BCUT2D eigenvalue weighted by Gasteiger charge is -2.24. The maximum absolute atomic E-state index is 14.5. The normalized spacial score (nSPS) is 19.4. The van der Waals surface area contributed by atoms with Crippen LogP contribution >= 0.6 is 0 Å². The Morgan fingerprint density at radius 3 is 2.07 bits per heavy atom. The second-order valence-electron chi connectivity index (χ2n) is 7.66. The Hall–Kier alpha value is -2.14. The average molecular weight is 366 g/mol. The van der Waals surface area contributed by atoms with Crippen LogP contribution < -0.4 is 0 Å². The van der Waals surface area contributed by atoms with Crippen molar-refractivity contribution in [1.29, 1.82) is 0 Å². The second-order valence-corrected chi connectivity index (χ2v) is 7.66. The lowest BCUT2D eigenvalue weighted by molar-refractivity contribution is 0.309. The largest absolute Gasteiger partial charge is 0.205 e. The van der Waals surface area contributed by atoms with Gasteiger partial charge in [-0.05, 0) is 66.8 Å². The summed E-state index contributed by atoms with van der Waals surface area (Å²) in [5.74, 6) is 5.81. The van der Waals surface area contributed by atoms with Crippen molar-refractivity contribution < 1.29 is 8.78 Å². The zero-order chi connectivity index (χ0) is 19.2. The van der Waals surface area contributed by atoms with Gasteiger partial charge in [0, 0.05) is 5.92 Å². The van der Waals surface area contributed by atoms with Crippen LogP contribution in [0.15, 0.2) is 36.4 Å². The summed E-state index contributed by atoms with van der Waals surface area (Å²) in [6, 6.07) is 10.7. The summed E-state index contributed by atoms with van der Waals surface area (Å²) in [6.07, 6.45) is 7.73. The van der Waals surface area contributed by atoms with Crippen molar-refractivity contribution in [2.75, 3.05) is 0 Å². The van der Waals surface area contributed by atoms with Crippen LogP contribution in [0.4, 0.5) is 8.78 Å². The summed E-state index contributed by atoms with van der Waals surface area (Å²) in [6.45, 7) is 4.36. The zero-order valence-electron chi connectivity index (χ0n) is 16.3. The van der Waals surface area contributed by atoms with E-state index in [4.69, 9.17) is 0 Å². The summed E-state index contributed by atoms with van der Waals surface area (Å²) in [7, 11) is 0. The molecule has 0 N–H and O–H groups in total. The molecule has 3 rings (SSSR count). The van der Waals surface area contributed by atoms with Crippen molar-refractivity contribution in [3.63, 3.8) is 0 Å². The van der Waals surface area contributed by atoms with Gasteiger partial charge in [-0.2, -0.15) is 0 Å². The monoisotopic (exact) mass is 366 g/mol. The van der Waals surface area contributed by atoms with E-state index in [2.05, 4.69) is 25.7 Å². The first-order valence-corrected chi connectivity index (χ1v) is 10.2. The van der Waals surface area contributed by atoms with Gasteiger partial charge in [-0.1, -0.05) is 62.8 Å². The third-order valence-electron chi connectivity index (χ3n) is 5.69. The van der Waals surface area contributed by atoms with Gasteiger partial charge >= 0.3 is 0 Å². The Bertz CT molecular complexity index is 793. The molecule has 0 saturated heterocycles. The fraction of sp³-hybridized carbons (Fsp3) is 0.440. The minimum Gasteiger partial charge on any atom is -0.205 e.